The molecule has 1 spiro atoms. The number of nitrogens with zero attached hydrogens (tertiary/aromatic N) is 4. The number of aromatic hydroxyl groups is 2. The number of carbonyl (C=O) groups is 3. The number of anilines is 1. The van der Waals surface area contributed by atoms with Gasteiger partial charge in [-0.3, -0.25) is 24.4 Å². The smallest absolute Gasteiger partial charge is 0.320 e. The second kappa shape index (κ2) is 20.8. The van der Waals surface area contributed by atoms with E-state index in [2.05, 4.69) is 29.4 Å². The SMILES string of the molecule is CO[C@H]1/C=C/O[C@@]2(C)Oc3c(C)c(O)c4c(O)c(c5c(c4c3C2=O)=NC2(CCN(CC(C)C)CC2)N=5)NC(=O)/C(C)=C\C=C\[C@H](C)[C@H](O)[C@@H](C)[C@@H](O)[C@@H](C)[C@H](OC(=O)CNCCN(C)C)[C@@H]1C. The number of allylic oxidation sites excluding steroid dienone is 2. The Morgan fingerprint density at radius 2 is 1.66 bits per heavy atom. The normalized spacial score (nSPS) is 30.9. The number of phenolic OH excluding ortho intramolecular Hbond substituents is 2. The minimum absolute atomic E-state index is 0.0330. The molecular weight excluding hydrogens is 861 g/mol. The fraction of sp³-hybridized carbons (Fsp3) is 0.620. The largest absolute Gasteiger partial charge is 0.507 e. The van der Waals surface area contributed by atoms with Crippen LogP contribution in [0.2, 0.25) is 0 Å². The summed E-state index contributed by atoms with van der Waals surface area (Å²) in [5, 5.41) is 53.8. The van der Waals surface area contributed by atoms with Crippen molar-refractivity contribution in [3.63, 3.8) is 0 Å². The maximum atomic E-state index is 14.9. The van der Waals surface area contributed by atoms with Crippen LogP contribution in [0.5, 0.6) is 17.2 Å². The molecule has 368 valence electrons. The number of benzene rings is 2. The van der Waals surface area contributed by atoms with E-state index >= 15 is 0 Å². The van der Waals surface area contributed by atoms with Crippen molar-refractivity contribution in [1.29, 1.82) is 0 Å². The Kier molecular flexibility index (Phi) is 15.9. The number of methoxy groups -OCH3 is 1. The van der Waals surface area contributed by atoms with Gasteiger partial charge in [-0.15, -0.1) is 0 Å². The Balaban J connectivity index is 1.48. The molecule has 0 aromatic heterocycles. The number of likely N-dealkylation sites (tertiary alicyclic amines) is 1. The first-order valence-electron chi connectivity index (χ1n) is 23.5. The number of ether oxygens (including phenoxy) is 4. The van der Waals surface area contributed by atoms with E-state index in [1.165, 1.54) is 20.3 Å². The Hall–Kier alpha value is -4.91. The minimum Gasteiger partial charge on any atom is -0.507 e. The van der Waals surface area contributed by atoms with Gasteiger partial charge in [0.1, 0.15) is 28.6 Å². The van der Waals surface area contributed by atoms with E-state index in [1.807, 2.05) is 25.9 Å². The van der Waals surface area contributed by atoms with Gasteiger partial charge >= 0.3 is 11.8 Å². The summed E-state index contributed by atoms with van der Waals surface area (Å²) in [6.45, 7) is 19.5. The van der Waals surface area contributed by atoms with Crippen LogP contribution in [-0.2, 0) is 23.8 Å². The fourth-order valence-corrected chi connectivity index (χ4v) is 9.69. The molecule has 0 radical (unpaired) electrons. The number of carbonyl (C=O) groups excluding carboxylic acids is 3. The zero-order valence-corrected chi connectivity index (χ0v) is 41.2. The number of ketones is 1. The molecule has 4 aliphatic heterocycles. The summed E-state index contributed by atoms with van der Waals surface area (Å²) in [5.41, 5.74) is -0.593. The number of phenols is 2. The molecule has 0 saturated carbocycles. The maximum Gasteiger partial charge on any atom is 0.320 e. The van der Waals surface area contributed by atoms with Gasteiger partial charge in [-0.2, -0.15) is 0 Å². The number of amides is 1. The number of rotatable bonds is 9. The van der Waals surface area contributed by atoms with E-state index in [9.17, 15) is 34.8 Å². The summed E-state index contributed by atoms with van der Waals surface area (Å²) in [7, 11) is 5.33. The number of hydrogen-bond donors (Lipinski definition) is 6. The lowest BCUT2D eigenvalue weighted by atomic mass is 9.78. The third-order valence-electron chi connectivity index (χ3n) is 13.9. The molecule has 4 bridgehead atoms. The van der Waals surface area contributed by atoms with Gasteiger partial charge in [0.2, 0.25) is 0 Å². The molecule has 67 heavy (non-hydrogen) atoms. The molecule has 1 fully saturated rings. The average Bonchev–Trinajstić information content (AvgIpc) is 3.78. The number of nitrogens with one attached hydrogen (secondary N) is 2. The lowest BCUT2D eigenvalue weighted by molar-refractivity contribution is -0.162. The summed E-state index contributed by atoms with van der Waals surface area (Å²) in [4.78, 5) is 56.9. The first kappa shape index (κ1) is 51.5. The van der Waals surface area contributed by atoms with Gasteiger partial charge in [-0.25, -0.2) is 0 Å². The monoisotopic (exact) mass is 933 g/mol. The van der Waals surface area contributed by atoms with Crippen LogP contribution >= 0.6 is 0 Å². The molecule has 1 saturated heterocycles. The quantitative estimate of drug-likeness (QED) is 0.119. The Bertz CT molecular complexity index is 2430. The number of Topliss-reactive ketones (excluding diaryl/α,β-unsaturated/α-hetero) is 1. The highest BCUT2D eigenvalue weighted by Gasteiger charge is 2.50. The molecule has 6 rings (SSSR count). The third kappa shape index (κ3) is 10.6. The van der Waals surface area contributed by atoms with Crippen molar-refractivity contribution in [2.24, 2.45) is 39.6 Å². The van der Waals surface area contributed by atoms with Crippen molar-refractivity contribution in [3.8, 4) is 17.2 Å². The van der Waals surface area contributed by atoms with E-state index in [0.29, 0.717) is 44.9 Å². The number of esters is 1. The second-order valence-corrected chi connectivity index (χ2v) is 19.8. The van der Waals surface area contributed by atoms with E-state index in [-0.39, 0.29) is 61.9 Å². The van der Waals surface area contributed by atoms with Gasteiger partial charge in [0, 0.05) is 99.8 Å². The molecule has 17 nitrogen and oxygen atoms in total. The average molecular weight is 933 g/mol. The maximum absolute atomic E-state index is 14.9. The molecule has 4 aliphatic rings. The van der Waals surface area contributed by atoms with Gasteiger partial charge in [0.15, 0.2) is 11.4 Å². The van der Waals surface area contributed by atoms with Gasteiger partial charge in [0.05, 0.1) is 47.4 Å². The van der Waals surface area contributed by atoms with Gasteiger partial charge < -0.3 is 59.8 Å². The summed E-state index contributed by atoms with van der Waals surface area (Å²) < 4.78 is 24.5. The first-order valence-corrected chi connectivity index (χ1v) is 23.5. The van der Waals surface area contributed by atoms with Crippen LogP contribution in [0.25, 0.3) is 10.8 Å². The van der Waals surface area contributed by atoms with Crippen molar-refractivity contribution in [2.45, 2.75) is 111 Å². The van der Waals surface area contributed by atoms with E-state index in [1.54, 1.807) is 58.9 Å². The summed E-state index contributed by atoms with van der Waals surface area (Å²) in [6, 6.07) is 0. The second-order valence-electron chi connectivity index (χ2n) is 19.8. The van der Waals surface area contributed by atoms with Gasteiger partial charge in [-0.05, 0) is 39.9 Å². The van der Waals surface area contributed by atoms with Crippen LogP contribution in [0, 0.1) is 36.5 Å². The minimum atomic E-state index is -1.98. The standard InChI is InChI=1S/C50H72N6O11/c1-26(2)25-56-20-17-50(18-21-56)53-38-35-36-43(60)32(8)46-37(35)47(62)49(9,67-46)65-23-16-33(64-12)29(5)45(66-34(57)24-51-19-22-55(10)11)31(7)42(59)30(6)41(58)27(3)14-13-15-28(4)48(63)52-40(44(36)61)39(38)54-50/h13-16,23,26-27,29-31,33,41-42,45,51,58-61H,17-22,24-25H2,1-12H3,(H,52,63)/b14-13+,23-16+,28-15-/t27-,29+,30+,31+,33-,41-,42+,45+,49-/m0/s1. The Morgan fingerprint density at radius 3 is 2.30 bits per heavy atom. The molecule has 9 atom stereocenters. The van der Waals surface area contributed by atoms with Crippen LogP contribution in [0.1, 0.15) is 84.2 Å². The van der Waals surface area contributed by atoms with E-state index in [0.717, 1.165) is 6.54 Å². The molecule has 4 heterocycles. The highest BCUT2D eigenvalue weighted by molar-refractivity contribution is 6.19. The van der Waals surface area contributed by atoms with Gasteiger partial charge in [0.25, 0.3) is 11.7 Å². The van der Waals surface area contributed by atoms with Gasteiger partial charge in [-0.1, -0.05) is 59.8 Å². The predicted octanol–water partition coefficient (Wildman–Crippen LogP) is 3.88. The highest BCUT2D eigenvalue weighted by Crippen LogP contribution is 2.50. The lowest BCUT2D eigenvalue weighted by Gasteiger charge is -2.38. The lowest BCUT2D eigenvalue weighted by Crippen LogP contribution is -2.47. The van der Waals surface area contributed by atoms with Crippen LogP contribution in [0.3, 0.4) is 0 Å². The van der Waals surface area contributed by atoms with Crippen molar-refractivity contribution < 1.29 is 53.8 Å². The summed E-state index contributed by atoms with van der Waals surface area (Å²) in [5.74, 6) is -6.58. The van der Waals surface area contributed by atoms with E-state index < -0.39 is 82.9 Å². The van der Waals surface area contributed by atoms with Crippen LogP contribution in [0.4, 0.5) is 5.69 Å². The number of piperidine rings is 1. The summed E-state index contributed by atoms with van der Waals surface area (Å²) >= 11 is 0. The van der Waals surface area contributed by atoms with Crippen molar-refractivity contribution in [1.82, 2.24) is 15.1 Å². The molecule has 2 aromatic rings. The highest BCUT2D eigenvalue weighted by atomic mass is 16.7. The molecule has 0 unspecified atom stereocenters. The number of likely N-dealkylation sites (N-methyl/N-ethyl adjacent to an activating group) is 1. The fourth-order valence-electron chi connectivity index (χ4n) is 9.69. The molecule has 2 aromatic carbocycles. The topological polar surface area (TPSA) is 224 Å². The summed E-state index contributed by atoms with van der Waals surface area (Å²) in [6.07, 6.45) is 4.93. The number of hydrogen-bond acceptors (Lipinski definition) is 16. The van der Waals surface area contributed by atoms with Crippen LogP contribution in [-0.4, -0.2) is 144 Å². The molecule has 17 heteroatoms. The molecule has 1 amide bonds. The number of fused-ring (bicyclic) bond motifs is 1. The van der Waals surface area contributed by atoms with E-state index in [4.69, 9.17) is 28.9 Å². The number of aliphatic hydroxyl groups is 2. The van der Waals surface area contributed by atoms with Crippen molar-refractivity contribution in [2.75, 3.05) is 65.8 Å². The zero-order chi connectivity index (χ0) is 49.3. The van der Waals surface area contributed by atoms with Crippen molar-refractivity contribution >= 4 is 34.1 Å². The predicted molar refractivity (Wildman–Crippen MR) is 253 cm³/mol. The molecule has 6 N–H and O–H groups in total. The Morgan fingerprint density at radius 1 is 0.985 bits per heavy atom. The Labute approximate surface area is 393 Å². The number of aliphatic hydroxyl groups excluding tert-OH is 2. The third-order valence-corrected chi connectivity index (χ3v) is 13.9. The zero-order valence-electron chi connectivity index (χ0n) is 41.2. The van der Waals surface area contributed by atoms with Crippen LogP contribution < -0.4 is 26.1 Å². The molecular formula is C50H72N6O11. The molecule has 0 aliphatic carbocycles. The first-order chi connectivity index (χ1) is 31.5. The van der Waals surface area contributed by atoms with Crippen LogP contribution in [0.15, 0.2) is 46.1 Å². The van der Waals surface area contributed by atoms with Crippen molar-refractivity contribution in [3.05, 3.63) is 58.0 Å².